The predicted molar refractivity (Wildman–Crippen MR) is 114 cm³/mol. The minimum absolute atomic E-state index is 0.160. The van der Waals surface area contributed by atoms with Crippen LogP contribution in [0.5, 0.6) is 11.5 Å². The second-order valence-electron chi connectivity index (χ2n) is 7.81. The van der Waals surface area contributed by atoms with Crippen molar-refractivity contribution < 1.29 is 29.2 Å². The molecule has 0 spiro atoms. The average Bonchev–Trinajstić information content (AvgIpc) is 2.70. The molecule has 0 bridgehead atoms. The van der Waals surface area contributed by atoms with Crippen LogP contribution in [0.25, 0.3) is 0 Å². The van der Waals surface area contributed by atoms with E-state index in [0.717, 1.165) is 5.56 Å². The van der Waals surface area contributed by atoms with Gasteiger partial charge in [0.25, 0.3) is 0 Å². The van der Waals surface area contributed by atoms with E-state index in [9.17, 15) is 15.0 Å². The second-order valence-corrected chi connectivity index (χ2v) is 7.81. The Morgan fingerprint density at radius 1 is 1.03 bits per heavy atom. The van der Waals surface area contributed by atoms with Crippen LogP contribution in [0.1, 0.15) is 44.9 Å². The van der Waals surface area contributed by atoms with Crippen LogP contribution in [0.2, 0.25) is 0 Å². The minimum Gasteiger partial charge on any atom is -0.490 e. The summed E-state index contributed by atoms with van der Waals surface area (Å²) < 4.78 is 16.6. The van der Waals surface area contributed by atoms with E-state index in [1.807, 2.05) is 37.3 Å². The normalized spacial score (nSPS) is 13.3. The van der Waals surface area contributed by atoms with Crippen LogP contribution < -0.4 is 14.8 Å². The van der Waals surface area contributed by atoms with E-state index in [1.165, 1.54) is 0 Å². The molecule has 0 aliphatic rings. The molecule has 0 saturated carbocycles. The van der Waals surface area contributed by atoms with E-state index in [0.29, 0.717) is 30.3 Å². The number of hydrogen-bond donors (Lipinski definition) is 3. The van der Waals surface area contributed by atoms with Crippen molar-refractivity contribution in [3.63, 3.8) is 0 Å². The van der Waals surface area contributed by atoms with Gasteiger partial charge in [0, 0.05) is 6.54 Å². The molecule has 164 valence electrons. The summed E-state index contributed by atoms with van der Waals surface area (Å²) in [6.45, 7) is 7.73. The number of nitrogens with one attached hydrogen (secondary N) is 1. The van der Waals surface area contributed by atoms with Gasteiger partial charge < -0.3 is 29.7 Å². The van der Waals surface area contributed by atoms with Gasteiger partial charge in [-0.25, -0.2) is 4.79 Å². The van der Waals surface area contributed by atoms with Crippen LogP contribution in [0.3, 0.4) is 0 Å². The summed E-state index contributed by atoms with van der Waals surface area (Å²) in [5.41, 5.74) is 0.826. The van der Waals surface area contributed by atoms with Crippen molar-refractivity contribution in [2.24, 2.45) is 0 Å². The first-order chi connectivity index (χ1) is 14.2. The van der Waals surface area contributed by atoms with Crippen LogP contribution in [0.15, 0.2) is 48.5 Å². The highest BCUT2D eigenvalue weighted by atomic mass is 16.6. The molecule has 0 aliphatic carbocycles. The van der Waals surface area contributed by atoms with Gasteiger partial charge in [0.2, 0.25) is 0 Å². The van der Waals surface area contributed by atoms with Crippen molar-refractivity contribution in [2.75, 3.05) is 13.2 Å². The van der Waals surface area contributed by atoms with Gasteiger partial charge in [-0.15, -0.1) is 0 Å². The Morgan fingerprint density at radius 2 is 1.73 bits per heavy atom. The number of aliphatic hydroxyl groups excluding tert-OH is 2. The molecule has 0 saturated heterocycles. The highest BCUT2D eigenvalue weighted by Gasteiger charge is 2.22. The van der Waals surface area contributed by atoms with Crippen LogP contribution in [-0.2, 0) is 11.3 Å². The van der Waals surface area contributed by atoms with E-state index in [1.54, 1.807) is 39.0 Å². The second kappa shape index (κ2) is 10.8. The molecule has 0 aliphatic heterocycles. The number of ether oxygens (including phenoxy) is 3. The smallest absolute Gasteiger partial charge is 0.407 e. The maximum Gasteiger partial charge on any atom is 0.407 e. The molecule has 2 aromatic carbocycles. The van der Waals surface area contributed by atoms with E-state index in [2.05, 4.69) is 5.32 Å². The lowest BCUT2D eigenvalue weighted by atomic mass is 10.0. The molecule has 1 amide bonds. The molecule has 2 rings (SSSR count). The Morgan fingerprint density at radius 3 is 2.37 bits per heavy atom. The number of carbonyl (C=O) groups is 1. The van der Waals surface area contributed by atoms with E-state index < -0.39 is 23.9 Å². The van der Waals surface area contributed by atoms with Crippen molar-refractivity contribution in [2.45, 2.75) is 52.1 Å². The van der Waals surface area contributed by atoms with Crippen LogP contribution in [-0.4, -0.2) is 41.2 Å². The van der Waals surface area contributed by atoms with Gasteiger partial charge in [-0.2, -0.15) is 0 Å². The Bertz CT molecular complexity index is 803. The number of amides is 1. The van der Waals surface area contributed by atoms with Crippen molar-refractivity contribution in [3.8, 4) is 11.5 Å². The SMILES string of the molecule is CCOc1cc(C(O)C(O)CNC(=O)OC(C)(C)C)ccc1OCc1ccccc1. The van der Waals surface area contributed by atoms with Crippen molar-refractivity contribution in [3.05, 3.63) is 59.7 Å². The van der Waals surface area contributed by atoms with Crippen molar-refractivity contribution in [1.29, 1.82) is 0 Å². The maximum absolute atomic E-state index is 11.7. The molecule has 7 heteroatoms. The van der Waals surface area contributed by atoms with E-state index in [4.69, 9.17) is 14.2 Å². The standard InChI is InChI=1S/C23H31NO6/c1-5-28-20-13-17(11-12-19(20)29-15-16-9-7-6-8-10-16)21(26)18(25)14-24-22(27)30-23(2,3)4/h6-13,18,21,25-26H,5,14-15H2,1-4H3,(H,24,27). The molecule has 2 atom stereocenters. The predicted octanol–water partition coefficient (Wildman–Crippen LogP) is 3.58. The van der Waals surface area contributed by atoms with Gasteiger partial charge in [0.15, 0.2) is 11.5 Å². The lowest BCUT2D eigenvalue weighted by Crippen LogP contribution is -2.38. The highest BCUT2D eigenvalue weighted by molar-refractivity contribution is 5.67. The Kier molecular flexibility index (Phi) is 8.50. The van der Waals surface area contributed by atoms with Gasteiger partial charge in [0.05, 0.1) is 6.61 Å². The monoisotopic (exact) mass is 417 g/mol. The summed E-state index contributed by atoms with van der Waals surface area (Å²) in [6, 6.07) is 14.7. The zero-order valence-electron chi connectivity index (χ0n) is 17.9. The summed E-state index contributed by atoms with van der Waals surface area (Å²) in [7, 11) is 0. The molecule has 0 aromatic heterocycles. The highest BCUT2D eigenvalue weighted by Crippen LogP contribution is 2.32. The third kappa shape index (κ3) is 7.57. The van der Waals surface area contributed by atoms with Crippen LogP contribution >= 0.6 is 0 Å². The van der Waals surface area contributed by atoms with E-state index >= 15 is 0 Å². The number of aliphatic hydroxyl groups is 2. The molecule has 30 heavy (non-hydrogen) atoms. The Hall–Kier alpha value is -2.77. The van der Waals surface area contributed by atoms with Gasteiger partial charge >= 0.3 is 6.09 Å². The number of carbonyl (C=O) groups excluding carboxylic acids is 1. The summed E-state index contributed by atoms with van der Waals surface area (Å²) in [5, 5.41) is 23.2. The first kappa shape index (κ1) is 23.5. The molecule has 7 nitrogen and oxygen atoms in total. The number of alkyl carbamates (subject to hydrolysis) is 1. The van der Waals surface area contributed by atoms with Gasteiger partial charge in [0.1, 0.15) is 24.4 Å². The van der Waals surface area contributed by atoms with Crippen molar-refractivity contribution >= 4 is 6.09 Å². The minimum atomic E-state index is -1.22. The largest absolute Gasteiger partial charge is 0.490 e. The fraction of sp³-hybridized carbons (Fsp3) is 0.435. The molecule has 2 aromatic rings. The fourth-order valence-corrected chi connectivity index (χ4v) is 2.67. The molecular formula is C23H31NO6. The topological polar surface area (TPSA) is 97.2 Å². The first-order valence-corrected chi connectivity index (χ1v) is 9.96. The van der Waals surface area contributed by atoms with Crippen LogP contribution in [0.4, 0.5) is 4.79 Å². The summed E-state index contributed by atoms with van der Waals surface area (Å²) in [4.78, 5) is 11.7. The van der Waals surface area contributed by atoms with Gasteiger partial charge in [-0.05, 0) is 51.0 Å². The summed E-state index contributed by atoms with van der Waals surface area (Å²) >= 11 is 0. The summed E-state index contributed by atoms with van der Waals surface area (Å²) in [6.07, 6.45) is -3.10. The lowest BCUT2D eigenvalue weighted by molar-refractivity contribution is 0.0128. The molecule has 0 radical (unpaired) electrons. The first-order valence-electron chi connectivity index (χ1n) is 9.96. The number of rotatable bonds is 9. The van der Waals surface area contributed by atoms with Crippen molar-refractivity contribution in [1.82, 2.24) is 5.32 Å². The Labute approximate surface area is 177 Å². The molecule has 2 unspecified atom stereocenters. The fourth-order valence-electron chi connectivity index (χ4n) is 2.67. The summed E-state index contributed by atoms with van der Waals surface area (Å²) in [5.74, 6) is 1.01. The third-order valence-corrected chi connectivity index (χ3v) is 4.07. The maximum atomic E-state index is 11.7. The van der Waals surface area contributed by atoms with Crippen LogP contribution in [0, 0.1) is 0 Å². The zero-order valence-corrected chi connectivity index (χ0v) is 17.9. The number of benzene rings is 2. The Balaban J connectivity index is 2.01. The zero-order chi connectivity index (χ0) is 22.1. The quantitative estimate of drug-likeness (QED) is 0.577. The average molecular weight is 418 g/mol. The number of hydrogen-bond acceptors (Lipinski definition) is 6. The van der Waals surface area contributed by atoms with Gasteiger partial charge in [-0.1, -0.05) is 36.4 Å². The lowest BCUT2D eigenvalue weighted by Gasteiger charge is -2.23. The molecular weight excluding hydrogens is 386 g/mol. The molecule has 3 N–H and O–H groups in total. The third-order valence-electron chi connectivity index (χ3n) is 4.07. The molecule has 0 heterocycles. The van der Waals surface area contributed by atoms with Gasteiger partial charge in [-0.3, -0.25) is 0 Å². The molecule has 0 fully saturated rings. The van der Waals surface area contributed by atoms with E-state index in [-0.39, 0.29) is 6.54 Å².